The lowest BCUT2D eigenvalue weighted by molar-refractivity contribution is 0.0691. The standard InChI is InChI=1S/C11H13N5O2/c1-8-2-3-12-11(15-8)13-4-5-16-6-9(10(17)18)14-7-16/h2-3,6-7H,4-5H2,1H3,(H,17,18)(H,12,13,15). The Balaban J connectivity index is 1.86. The molecule has 0 aromatic carbocycles. The number of imidazole rings is 1. The molecule has 0 aliphatic heterocycles. The molecule has 7 nitrogen and oxygen atoms in total. The number of carbonyl (C=O) groups is 1. The summed E-state index contributed by atoms with van der Waals surface area (Å²) in [5.41, 5.74) is 0.935. The number of aromatic nitrogens is 4. The summed E-state index contributed by atoms with van der Waals surface area (Å²) in [6, 6.07) is 1.82. The van der Waals surface area contributed by atoms with Gasteiger partial charge in [0.2, 0.25) is 5.95 Å². The lowest BCUT2D eigenvalue weighted by atomic mass is 10.4. The van der Waals surface area contributed by atoms with E-state index < -0.39 is 5.97 Å². The van der Waals surface area contributed by atoms with E-state index in [1.807, 2.05) is 13.0 Å². The molecule has 0 spiro atoms. The van der Waals surface area contributed by atoms with Gasteiger partial charge in [-0.2, -0.15) is 0 Å². The molecule has 0 saturated carbocycles. The maximum Gasteiger partial charge on any atom is 0.356 e. The summed E-state index contributed by atoms with van der Waals surface area (Å²) >= 11 is 0. The maximum atomic E-state index is 10.6. The van der Waals surface area contributed by atoms with Gasteiger partial charge in [0.1, 0.15) is 0 Å². The Bertz CT molecular complexity index is 552. The van der Waals surface area contributed by atoms with Gasteiger partial charge in [-0.3, -0.25) is 0 Å². The van der Waals surface area contributed by atoms with Crippen LogP contribution < -0.4 is 5.32 Å². The van der Waals surface area contributed by atoms with E-state index in [4.69, 9.17) is 5.11 Å². The molecule has 0 radical (unpaired) electrons. The highest BCUT2D eigenvalue weighted by Crippen LogP contribution is 1.99. The zero-order valence-electron chi connectivity index (χ0n) is 9.87. The third-order valence-electron chi connectivity index (χ3n) is 2.30. The molecule has 0 saturated heterocycles. The molecule has 2 heterocycles. The van der Waals surface area contributed by atoms with Crippen LogP contribution in [0, 0.1) is 6.92 Å². The second-order valence-electron chi connectivity index (χ2n) is 3.75. The number of aromatic carboxylic acids is 1. The van der Waals surface area contributed by atoms with Gasteiger partial charge in [0.25, 0.3) is 0 Å². The summed E-state index contributed by atoms with van der Waals surface area (Å²) in [6.45, 7) is 3.08. The van der Waals surface area contributed by atoms with Crippen molar-refractivity contribution in [1.29, 1.82) is 0 Å². The number of hydrogen-bond acceptors (Lipinski definition) is 5. The van der Waals surface area contributed by atoms with Crippen LogP contribution in [0.3, 0.4) is 0 Å². The van der Waals surface area contributed by atoms with Gasteiger partial charge in [-0.25, -0.2) is 19.7 Å². The van der Waals surface area contributed by atoms with Gasteiger partial charge >= 0.3 is 5.97 Å². The average molecular weight is 247 g/mol. The van der Waals surface area contributed by atoms with Gasteiger partial charge in [0, 0.05) is 31.2 Å². The number of rotatable bonds is 5. The van der Waals surface area contributed by atoms with Crippen molar-refractivity contribution in [1.82, 2.24) is 19.5 Å². The van der Waals surface area contributed by atoms with Crippen molar-refractivity contribution in [3.63, 3.8) is 0 Å². The minimum absolute atomic E-state index is 0.0433. The molecule has 0 amide bonds. The first-order valence-electron chi connectivity index (χ1n) is 5.44. The molecule has 2 aromatic rings. The van der Waals surface area contributed by atoms with E-state index >= 15 is 0 Å². The van der Waals surface area contributed by atoms with Crippen LogP contribution >= 0.6 is 0 Å². The third-order valence-corrected chi connectivity index (χ3v) is 2.30. The topological polar surface area (TPSA) is 92.9 Å². The predicted molar refractivity (Wildman–Crippen MR) is 64.4 cm³/mol. The number of nitrogens with zero attached hydrogens (tertiary/aromatic N) is 4. The Labute approximate surface area is 104 Å². The van der Waals surface area contributed by atoms with Crippen LogP contribution in [-0.4, -0.2) is 37.1 Å². The number of carboxylic acid groups (broad SMARTS) is 1. The van der Waals surface area contributed by atoms with E-state index in [0.29, 0.717) is 19.0 Å². The summed E-state index contributed by atoms with van der Waals surface area (Å²) in [6.07, 6.45) is 4.66. The second kappa shape index (κ2) is 5.26. The quantitative estimate of drug-likeness (QED) is 0.811. The highest BCUT2D eigenvalue weighted by molar-refractivity contribution is 5.84. The minimum atomic E-state index is -1.02. The number of carboxylic acids is 1. The van der Waals surface area contributed by atoms with E-state index in [9.17, 15) is 4.79 Å². The molecule has 2 N–H and O–H groups in total. The van der Waals surface area contributed by atoms with Crippen LogP contribution in [0.25, 0.3) is 0 Å². The maximum absolute atomic E-state index is 10.6. The minimum Gasteiger partial charge on any atom is -0.476 e. The smallest absolute Gasteiger partial charge is 0.356 e. The highest BCUT2D eigenvalue weighted by Gasteiger charge is 2.05. The zero-order valence-corrected chi connectivity index (χ0v) is 9.87. The number of aryl methyl sites for hydroxylation is 1. The summed E-state index contributed by atoms with van der Waals surface area (Å²) in [5, 5.41) is 11.8. The zero-order chi connectivity index (χ0) is 13.0. The Kier molecular flexibility index (Phi) is 3.52. The van der Waals surface area contributed by atoms with Gasteiger partial charge in [-0.05, 0) is 13.0 Å². The molecule has 0 aliphatic carbocycles. The molecular formula is C11H13N5O2. The van der Waals surface area contributed by atoms with Crippen molar-refractivity contribution in [2.75, 3.05) is 11.9 Å². The monoisotopic (exact) mass is 247 g/mol. The van der Waals surface area contributed by atoms with Crippen molar-refractivity contribution in [3.8, 4) is 0 Å². The first-order valence-corrected chi connectivity index (χ1v) is 5.44. The third kappa shape index (κ3) is 3.03. The number of anilines is 1. The van der Waals surface area contributed by atoms with Crippen LogP contribution in [0.5, 0.6) is 0 Å². The fraction of sp³-hybridized carbons (Fsp3) is 0.273. The first-order chi connectivity index (χ1) is 8.65. The van der Waals surface area contributed by atoms with Gasteiger partial charge in [0.05, 0.1) is 6.33 Å². The summed E-state index contributed by atoms with van der Waals surface area (Å²) in [4.78, 5) is 22.7. The van der Waals surface area contributed by atoms with Gasteiger partial charge in [-0.15, -0.1) is 0 Å². The Morgan fingerprint density at radius 3 is 3.00 bits per heavy atom. The Hall–Kier alpha value is -2.44. The van der Waals surface area contributed by atoms with Gasteiger partial charge < -0.3 is 15.0 Å². The van der Waals surface area contributed by atoms with Crippen LogP contribution in [-0.2, 0) is 6.54 Å². The first kappa shape index (κ1) is 12.0. The molecular weight excluding hydrogens is 234 g/mol. The average Bonchev–Trinajstić information content (AvgIpc) is 2.78. The van der Waals surface area contributed by atoms with Crippen molar-refractivity contribution in [3.05, 3.63) is 36.2 Å². The molecule has 0 atom stereocenters. The fourth-order valence-electron chi connectivity index (χ4n) is 1.42. The molecule has 0 unspecified atom stereocenters. The van der Waals surface area contributed by atoms with Crippen molar-refractivity contribution < 1.29 is 9.90 Å². The molecule has 0 aliphatic rings. The lowest BCUT2D eigenvalue weighted by Gasteiger charge is -2.05. The van der Waals surface area contributed by atoms with Crippen molar-refractivity contribution in [2.24, 2.45) is 0 Å². The van der Waals surface area contributed by atoms with E-state index in [1.165, 1.54) is 12.5 Å². The van der Waals surface area contributed by atoms with E-state index in [2.05, 4.69) is 20.3 Å². The molecule has 2 aromatic heterocycles. The summed E-state index contributed by atoms with van der Waals surface area (Å²) in [7, 11) is 0. The SMILES string of the molecule is Cc1ccnc(NCCn2cnc(C(=O)O)c2)n1. The summed E-state index contributed by atoms with van der Waals surface area (Å²) < 4.78 is 1.70. The molecule has 0 bridgehead atoms. The van der Waals surface area contributed by atoms with Gasteiger partial charge in [-0.1, -0.05) is 0 Å². The highest BCUT2D eigenvalue weighted by atomic mass is 16.4. The van der Waals surface area contributed by atoms with Crippen LogP contribution in [0.15, 0.2) is 24.8 Å². The number of nitrogens with one attached hydrogen (secondary N) is 1. The largest absolute Gasteiger partial charge is 0.476 e. The van der Waals surface area contributed by atoms with Gasteiger partial charge in [0.15, 0.2) is 5.69 Å². The normalized spacial score (nSPS) is 10.3. The van der Waals surface area contributed by atoms with E-state index in [-0.39, 0.29) is 5.69 Å². The summed E-state index contributed by atoms with van der Waals surface area (Å²) in [5.74, 6) is -0.461. The lowest BCUT2D eigenvalue weighted by Crippen LogP contribution is -2.11. The molecule has 7 heteroatoms. The second-order valence-corrected chi connectivity index (χ2v) is 3.75. The van der Waals surface area contributed by atoms with Crippen molar-refractivity contribution >= 4 is 11.9 Å². The van der Waals surface area contributed by atoms with E-state index in [1.54, 1.807) is 10.8 Å². The van der Waals surface area contributed by atoms with Crippen LogP contribution in [0.4, 0.5) is 5.95 Å². The molecule has 2 rings (SSSR count). The molecule has 94 valence electrons. The Morgan fingerprint density at radius 1 is 1.50 bits per heavy atom. The van der Waals surface area contributed by atoms with Crippen LogP contribution in [0.2, 0.25) is 0 Å². The fourth-order valence-corrected chi connectivity index (χ4v) is 1.42. The van der Waals surface area contributed by atoms with Crippen LogP contribution in [0.1, 0.15) is 16.2 Å². The molecule has 18 heavy (non-hydrogen) atoms. The predicted octanol–water partition coefficient (Wildman–Crippen LogP) is 0.792. The van der Waals surface area contributed by atoms with Crippen molar-refractivity contribution in [2.45, 2.75) is 13.5 Å². The van der Waals surface area contributed by atoms with E-state index in [0.717, 1.165) is 5.69 Å². The number of hydrogen-bond donors (Lipinski definition) is 2. The molecule has 0 fully saturated rings. The Morgan fingerprint density at radius 2 is 2.33 bits per heavy atom.